The first-order chi connectivity index (χ1) is 6.33. The lowest BCUT2D eigenvalue weighted by atomic mass is 10.1. The van der Waals surface area contributed by atoms with E-state index in [2.05, 4.69) is 4.90 Å². The van der Waals surface area contributed by atoms with E-state index in [1.165, 1.54) is 25.3 Å². The number of likely N-dealkylation sites (tertiary alicyclic amines) is 1. The highest BCUT2D eigenvalue weighted by Gasteiger charge is 2.05. The van der Waals surface area contributed by atoms with E-state index in [1.807, 2.05) is 13.1 Å². The summed E-state index contributed by atoms with van der Waals surface area (Å²) in [4.78, 5) is 13.1. The van der Waals surface area contributed by atoms with Crippen LogP contribution in [0.3, 0.4) is 0 Å². The second-order valence-electron chi connectivity index (χ2n) is 3.16. The third kappa shape index (κ3) is 3.97. The molecule has 1 aliphatic heterocycles. The summed E-state index contributed by atoms with van der Waals surface area (Å²) in [7, 11) is 0. The molecule has 13 heavy (non-hydrogen) atoms. The number of esters is 1. The first-order valence-electron chi connectivity index (χ1n) is 4.92. The van der Waals surface area contributed by atoms with Gasteiger partial charge >= 0.3 is 5.97 Å². The third-order valence-electron chi connectivity index (χ3n) is 2.10. The normalized spacial score (nSPS) is 17.8. The highest BCUT2D eigenvalue weighted by molar-refractivity contribution is 5.81. The first kappa shape index (κ1) is 10.1. The van der Waals surface area contributed by atoms with Crippen LogP contribution in [0.4, 0.5) is 0 Å². The van der Waals surface area contributed by atoms with Crippen molar-refractivity contribution in [1.82, 2.24) is 4.90 Å². The highest BCUT2D eigenvalue weighted by Crippen LogP contribution is 2.08. The molecule has 3 nitrogen and oxygen atoms in total. The molecule has 3 heteroatoms. The van der Waals surface area contributed by atoms with Crippen molar-refractivity contribution >= 4 is 5.97 Å². The molecule has 1 fully saturated rings. The Morgan fingerprint density at radius 3 is 2.69 bits per heavy atom. The van der Waals surface area contributed by atoms with Gasteiger partial charge in [0.15, 0.2) is 0 Å². The maximum atomic E-state index is 11.0. The zero-order chi connectivity index (χ0) is 9.52. The number of rotatable bonds is 3. The van der Waals surface area contributed by atoms with Crippen molar-refractivity contribution in [1.29, 1.82) is 0 Å². The summed E-state index contributed by atoms with van der Waals surface area (Å²) >= 11 is 0. The fourth-order valence-electron chi connectivity index (χ4n) is 1.42. The molecule has 1 rings (SSSR count). The summed E-state index contributed by atoms with van der Waals surface area (Å²) in [5.41, 5.74) is 0. The summed E-state index contributed by atoms with van der Waals surface area (Å²) < 4.78 is 4.78. The molecule has 0 radical (unpaired) electrons. The molecule has 0 saturated carbocycles. The van der Waals surface area contributed by atoms with Gasteiger partial charge in [-0.15, -0.1) is 0 Å². The monoisotopic (exact) mass is 183 g/mol. The smallest absolute Gasteiger partial charge is 0.332 e. The molecule has 0 aromatic carbocycles. The van der Waals surface area contributed by atoms with Crippen LogP contribution in [0, 0.1) is 0 Å². The molecule has 1 aliphatic rings. The molecule has 0 amide bonds. The molecule has 0 bridgehead atoms. The Morgan fingerprint density at radius 1 is 1.38 bits per heavy atom. The van der Waals surface area contributed by atoms with Gasteiger partial charge in [0, 0.05) is 25.4 Å². The van der Waals surface area contributed by atoms with Crippen molar-refractivity contribution in [2.45, 2.75) is 26.2 Å². The van der Waals surface area contributed by atoms with Gasteiger partial charge in [-0.05, 0) is 26.2 Å². The van der Waals surface area contributed by atoms with E-state index in [0.717, 1.165) is 13.1 Å². The molecule has 0 atom stereocenters. The van der Waals surface area contributed by atoms with Crippen molar-refractivity contribution in [3.05, 3.63) is 12.3 Å². The van der Waals surface area contributed by atoms with Crippen LogP contribution in [-0.4, -0.2) is 30.6 Å². The largest absolute Gasteiger partial charge is 0.463 e. The van der Waals surface area contributed by atoms with Crippen LogP contribution in [-0.2, 0) is 9.53 Å². The molecule has 0 aliphatic carbocycles. The summed E-state index contributed by atoms with van der Waals surface area (Å²) in [6, 6.07) is 0. The van der Waals surface area contributed by atoms with Crippen molar-refractivity contribution in [2.75, 3.05) is 19.7 Å². The van der Waals surface area contributed by atoms with Gasteiger partial charge in [0.2, 0.25) is 0 Å². The Morgan fingerprint density at radius 2 is 2.08 bits per heavy atom. The predicted molar refractivity (Wildman–Crippen MR) is 51.2 cm³/mol. The summed E-state index contributed by atoms with van der Waals surface area (Å²) in [6.07, 6.45) is 7.12. The van der Waals surface area contributed by atoms with Crippen LogP contribution in [0.25, 0.3) is 0 Å². The Labute approximate surface area is 79.4 Å². The van der Waals surface area contributed by atoms with Crippen LogP contribution in [0.2, 0.25) is 0 Å². The maximum Gasteiger partial charge on any atom is 0.332 e. The van der Waals surface area contributed by atoms with Gasteiger partial charge < -0.3 is 9.64 Å². The quantitative estimate of drug-likeness (QED) is 0.491. The minimum Gasteiger partial charge on any atom is -0.463 e. The van der Waals surface area contributed by atoms with E-state index in [1.54, 1.807) is 0 Å². The van der Waals surface area contributed by atoms with Crippen molar-refractivity contribution in [3.63, 3.8) is 0 Å². The zero-order valence-corrected chi connectivity index (χ0v) is 8.16. The molecular weight excluding hydrogens is 166 g/mol. The van der Waals surface area contributed by atoms with Gasteiger partial charge in [0.25, 0.3) is 0 Å². The van der Waals surface area contributed by atoms with E-state index in [-0.39, 0.29) is 5.97 Å². The summed E-state index contributed by atoms with van der Waals surface area (Å²) in [5.74, 6) is -0.243. The van der Waals surface area contributed by atoms with Crippen LogP contribution >= 0.6 is 0 Å². The Bertz CT molecular complexity index is 183. The molecule has 1 heterocycles. The number of piperidine rings is 1. The molecule has 0 aromatic rings. The number of carbonyl (C=O) groups is 1. The van der Waals surface area contributed by atoms with Crippen LogP contribution in [0.1, 0.15) is 26.2 Å². The van der Waals surface area contributed by atoms with Gasteiger partial charge in [0.1, 0.15) is 0 Å². The predicted octanol–water partition coefficient (Wildman–Crippen LogP) is 1.55. The minimum absolute atomic E-state index is 0.243. The fraction of sp³-hybridized carbons (Fsp3) is 0.700. The summed E-state index contributed by atoms with van der Waals surface area (Å²) in [5, 5.41) is 0. The van der Waals surface area contributed by atoms with Gasteiger partial charge in [-0.2, -0.15) is 0 Å². The average molecular weight is 183 g/mol. The van der Waals surface area contributed by atoms with E-state index in [0.29, 0.717) is 6.61 Å². The number of ether oxygens (including phenoxy) is 1. The van der Waals surface area contributed by atoms with E-state index >= 15 is 0 Å². The van der Waals surface area contributed by atoms with Crippen molar-refractivity contribution < 1.29 is 9.53 Å². The van der Waals surface area contributed by atoms with Crippen LogP contribution in [0.5, 0.6) is 0 Å². The highest BCUT2D eigenvalue weighted by atomic mass is 16.5. The Hall–Kier alpha value is -0.990. The lowest BCUT2D eigenvalue weighted by Crippen LogP contribution is -2.24. The first-order valence-corrected chi connectivity index (χ1v) is 4.92. The SMILES string of the molecule is CCOC(=O)/C=C\N1CCCCC1. The van der Waals surface area contributed by atoms with Crippen molar-refractivity contribution in [3.8, 4) is 0 Å². The number of hydrogen-bond donors (Lipinski definition) is 0. The second kappa shape index (κ2) is 5.62. The number of carbonyl (C=O) groups excluding carboxylic acids is 1. The topological polar surface area (TPSA) is 29.5 Å². The number of hydrogen-bond acceptors (Lipinski definition) is 3. The molecular formula is C10H17NO2. The fourth-order valence-corrected chi connectivity index (χ4v) is 1.42. The van der Waals surface area contributed by atoms with E-state index < -0.39 is 0 Å². The maximum absolute atomic E-state index is 11.0. The Balaban J connectivity index is 2.24. The standard InChI is InChI=1S/C10H17NO2/c1-2-13-10(12)6-9-11-7-4-3-5-8-11/h6,9H,2-5,7-8H2,1H3/b9-6-. The van der Waals surface area contributed by atoms with Crippen LogP contribution in [0.15, 0.2) is 12.3 Å². The van der Waals surface area contributed by atoms with E-state index in [9.17, 15) is 4.79 Å². The summed E-state index contributed by atoms with van der Waals surface area (Å²) in [6.45, 7) is 4.39. The second-order valence-corrected chi connectivity index (χ2v) is 3.16. The molecule has 0 N–H and O–H groups in total. The average Bonchev–Trinajstić information content (AvgIpc) is 2.17. The Kier molecular flexibility index (Phi) is 4.36. The van der Waals surface area contributed by atoms with Crippen molar-refractivity contribution in [2.24, 2.45) is 0 Å². The van der Waals surface area contributed by atoms with Crippen LogP contribution < -0.4 is 0 Å². The molecule has 74 valence electrons. The zero-order valence-electron chi connectivity index (χ0n) is 8.16. The van der Waals surface area contributed by atoms with Gasteiger partial charge in [-0.3, -0.25) is 0 Å². The molecule has 0 aromatic heterocycles. The molecule has 0 unspecified atom stereocenters. The van der Waals surface area contributed by atoms with E-state index in [4.69, 9.17) is 4.74 Å². The van der Waals surface area contributed by atoms with Gasteiger partial charge in [-0.25, -0.2) is 4.79 Å². The molecule has 1 saturated heterocycles. The number of nitrogens with zero attached hydrogens (tertiary/aromatic N) is 1. The van der Waals surface area contributed by atoms with Gasteiger partial charge in [0.05, 0.1) is 6.61 Å². The van der Waals surface area contributed by atoms with Gasteiger partial charge in [-0.1, -0.05) is 0 Å². The third-order valence-corrected chi connectivity index (χ3v) is 2.10. The lowest BCUT2D eigenvalue weighted by Gasteiger charge is -2.24. The minimum atomic E-state index is -0.243. The lowest BCUT2D eigenvalue weighted by molar-refractivity contribution is -0.137. The molecule has 0 spiro atoms.